The Balaban J connectivity index is 1.77. The van der Waals surface area contributed by atoms with Gasteiger partial charge in [-0.25, -0.2) is 0 Å². The van der Waals surface area contributed by atoms with Crippen LogP contribution >= 0.6 is 0 Å². The van der Waals surface area contributed by atoms with Crippen molar-refractivity contribution in [2.45, 2.75) is 25.3 Å². The topological polar surface area (TPSA) is 58.8 Å². The standard InChI is InChI=1S/C16H23N3O2/c1-21-15-6-5-12(17)10-14(15)16(20)19-9-8-18-7-3-2-4-13(18)11-19/h5-6,10,13H,2-4,7-9,11,17H2,1H3. The molecule has 2 heterocycles. The molecule has 1 aromatic carbocycles. The molecular formula is C16H23N3O2. The molecule has 0 aromatic heterocycles. The number of nitrogen functional groups attached to an aromatic ring is 1. The highest BCUT2D eigenvalue weighted by molar-refractivity contribution is 5.98. The van der Waals surface area contributed by atoms with Gasteiger partial charge in [-0.3, -0.25) is 9.69 Å². The van der Waals surface area contributed by atoms with Crippen molar-refractivity contribution in [3.8, 4) is 5.75 Å². The summed E-state index contributed by atoms with van der Waals surface area (Å²) in [5.74, 6) is 0.629. The van der Waals surface area contributed by atoms with Gasteiger partial charge in [-0.05, 0) is 37.6 Å². The van der Waals surface area contributed by atoms with Gasteiger partial charge in [-0.1, -0.05) is 6.42 Å². The minimum atomic E-state index is 0.0318. The fraction of sp³-hybridized carbons (Fsp3) is 0.562. The number of methoxy groups -OCH3 is 1. The molecule has 0 bridgehead atoms. The largest absolute Gasteiger partial charge is 0.496 e. The second-order valence-electron chi connectivity index (χ2n) is 5.90. The summed E-state index contributed by atoms with van der Waals surface area (Å²) in [6.07, 6.45) is 3.75. The molecular weight excluding hydrogens is 266 g/mol. The number of fused-ring (bicyclic) bond motifs is 1. The summed E-state index contributed by atoms with van der Waals surface area (Å²) >= 11 is 0. The summed E-state index contributed by atoms with van der Waals surface area (Å²) in [6.45, 7) is 3.75. The first kappa shape index (κ1) is 14.2. The van der Waals surface area contributed by atoms with Crippen LogP contribution in [-0.2, 0) is 0 Å². The lowest BCUT2D eigenvalue weighted by Gasteiger charge is -2.44. The first-order chi connectivity index (χ1) is 10.2. The Hall–Kier alpha value is -1.75. The van der Waals surface area contributed by atoms with E-state index in [0.717, 1.165) is 19.6 Å². The van der Waals surface area contributed by atoms with Gasteiger partial charge in [0.15, 0.2) is 0 Å². The van der Waals surface area contributed by atoms with Crippen LogP contribution < -0.4 is 10.5 Å². The Bertz CT molecular complexity index is 532. The number of anilines is 1. The molecule has 21 heavy (non-hydrogen) atoms. The van der Waals surface area contributed by atoms with Gasteiger partial charge >= 0.3 is 0 Å². The van der Waals surface area contributed by atoms with E-state index < -0.39 is 0 Å². The number of carbonyl (C=O) groups excluding carboxylic acids is 1. The van der Waals surface area contributed by atoms with Gasteiger partial charge in [-0.2, -0.15) is 0 Å². The zero-order valence-corrected chi connectivity index (χ0v) is 12.5. The molecule has 0 aliphatic carbocycles. The molecule has 1 amide bonds. The number of rotatable bonds is 2. The molecule has 1 aromatic rings. The van der Waals surface area contributed by atoms with Crippen molar-refractivity contribution < 1.29 is 9.53 Å². The maximum atomic E-state index is 12.8. The van der Waals surface area contributed by atoms with E-state index in [4.69, 9.17) is 10.5 Å². The van der Waals surface area contributed by atoms with E-state index in [2.05, 4.69) is 4.90 Å². The number of hydrogen-bond donors (Lipinski definition) is 1. The lowest BCUT2D eigenvalue weighted by molar-refractivity contribution is 0.0370. The van der Waals surface area contributed by atoms with Crippen molar-refractivity contribution in [3.63, 3.8) is 0 Å². The third-order valence-electron chi connectivity index (χ3n) is 4.58. The number of benzene rings is 1. The van der Waals surface area contributed by atoms with Crippen LogP contribution in [0, 0.1) is 0 Å². The number of nitrogens with zero attached hydrogens (tertiary/aromatic N) is 2. The van der Waals surface area contributed by atoms with Crippen LogP contribution in [0.15, 0.2) is 18.2 Å². The van der Waals surface area contributed by atoms with Crippen molar-refractivity contribution in [1.82, 2.24) is 9.80 Å². The summed E-state index contributed by atoms with van der Waals surface area (Å²) in [5.41, 5.74) is 6.99. The summed E-state index contributed by atoms with van der Waals surface area (Å²) in [7, 11) is 1.58. The van der Waals surface area contributed by atoms with Crippen LogP contribution in [0.25, 0.3) is 0 Å². The van der Waals surface area contributed by atoms with Crippen molar-refractivity contribution in [2.24, 2.45) is 0 Å². The van der Waals surface area contributed by atoms with Gasteiger partial charge < -0.3 is 15.4 Å². The van der Waals surface area contributed by atoms with Crippen LogP contribution in [0.3, 0.4) is 0 Å². The predicted octanol–water partition coefficient (Wildman–Crippen LogP) is 1.59. The second kappa shape index (κ2) is 5.93. The number of piperidine rings is 1. The minimum Gasteiger partial charge on any atom is -0.496 e. The molecule has 2 aliphatic heterocycles. The lowest BCUT2D eigenvalue weighted by Crippen LogP contribution is -2.56. The van der Waals surface area contributed by atoms with Gasteiger partial charge in [0.2, 0.25) is 0 Å². The van der Waals surface area contributed by atoms with Crippen LogP contribution in [-0.4, -0.2) is 55.0 Å². The minimum absolute atomic E-state index is 0.0318. The molecule has 2 saturated heterocycles. The second-order valence-corrected chi connectivity index (χ2v) is 5.90. The summed E-state index contributed by atoms with van der Waals surface area (Å²) in [4.78, 5) is 17.2. The number of carbonyl (C=O) groups is 1. The maximum Gasteiger partial charge on any atom is 0.257 e. The number of hydrogen-bond acceptors (Lipinski definition) is 4. The van der Waals surface area contributed by atoms with Gasteiger partial charge in [0.25, 0.3) is 5.91 Å². The number of piperazine rings is 1. The Morgan fingerprint density at radius 1 is 1.29 bits per heavy atom. The van der Waals surface area contributed by atoms with Crippen LogP contribution in [0.4, 0.5) is 5.69 Å². The molecule has 1 unspecified atom stereocenters. The highest BCUT2D eigenvalue weighted by Gasteiger charge is 2.32. The number of ether oxygens (including phenoxy) is 1. The Kier molecular flexibility index (Phi) is 4.01. The SMILES string of the molecule is COc1ccc(N)cc1C(=O)N1CCN2CCCCC2C1. The first-order valence-electron chi connectivity index (χ1n) is 7.66. The molecule has 1 atom stereocenters. The van der Waals surface area contributed by atoms with Crippen molar-refractivity contribution in [1.29, 1.82) is 0 Å². The smallest absolute Gasteiger partial charge is 0.257 e. The Labute approximate surface area is 125 Å². The number of nitrogens with two attached hydrogens (primary N) is 1. The Morgan fingerprint density at radius 3 is 2.95 bits per heavy atom. The molecule has 2 N–H and O–H groups in total. The molecule has 0 saturated carbocycles. The quantitative estimate of drug-likeness (QED) is 0.840. The third-order valence-corrected chi connectivity index (χ3v) is 4.58. The maximum absolute atomic E-state index is 12.8. The van der Waals surface area contributed by atoms with Crippen LogP contribution in [0.1, 0.15) is 29.6 Å². The monoisotopic (exact) mass is 289 g/mol. The van der Waals surface area contributed by atoms with Gasteiger partial charge in [0.05, 0.1) is 12.7 Å². The van der Waals surface area contributed by atoms with E-state index in [-0.39, 0.29) is 5.91 Å². The first-order valence-corrected chi connectivity index (χ1v) is 7.66. The Morgan fingerprint density at radius 2 is 2.14 bits per heavy atom. The average molecular weight is 289 g/mol. The van der Waals surface area contributed by atoms with Crippen LogP contribution in [0.2, 0.25) is 0 Å². The van der Waals surface area contributed by atoms with E-state index in [1.165, 1.54) is 25.8 Å². The summed E-state index contributed by atoms with van der Waals surface area (Å²) in [5, 5.41) is 0. The van der Waals surface area contributed by atoms with Gasteiger partial charge in [0.1, 0.15) is 5.75 Å². The zero-order chi connectivity index (χ0) is 14.8. The fourth-order valence-electron chi connectivity index (χ4n) is 3.40. The number of amides is 1. The molecule has 114 valence electrons. The fourth-order valence-corrected chi connectivity index (χ4v) is 3.40. The summed E-state index contributed by atoms with van der Waals surface area (Å²) < 4.78 is 5.31. The highest BCUT2D eigenvalue weighted by atomic mass is 16.5. The molecule has 3 rings (SSSR count). The van der Waals surface area contributed by atoms with E-state index in [1.54, 1.807) is 25.3 Å². The average Bonchev–Trinajstić information content (AvgIpc) is 2.53. The molecule has 5 nitrogen and oxygen atoms in total. The van der Waals surface area contributed by atoms with E-state index >= 15 is 0 Å². The molecule has 5 heteroatoms. The zero-order valence-electron chi connectivity index (χ0n) is 12.5. The molecule has 2 fully saturated rings. The van der Waals surface area contributed by atoms with Gasteiger partial charge in [-0.15, -0.1) is 0 Å². The highest BCUT2D eigenvalue weighted by Crippen LogP contribution is 2.26. The molecule has 2 aliphatic rings. The normalized spacial score (nSPS) is 22.7. The van der Waals surface area contributed by atoms with E-state index in [0.29, 0.717) is 23.0 Å². The predicted molar refractivity (Wildman–Crippen MR) is 82.5 cm³/mol. The van der Waals surface area contributed by atoms with Crippen molar-refractivity contribution in [3.05, 3.63) is 23.8 Å². The van der Waals surface area contributed by atoms with Gasteiger partial charge in [0, 0.05) is 31.4 Å². The van der Waals surface area contributed by atoms with Crippen LogP contribution in [0.5, 0.6) is 5.75 Å². The van der Waals surface area contributed by atoms with Crippen molar-refractivity contribution in [2.75, 3.05) is 39.0 Å². The van der Waals surface area contributed by atoms with E-state index in [1.807, 2.05) is 4.90 Å². The summed E-state index contributed by atoms with van der Waals surface area (Å²) in [6, 6.07) is 5.76. The lowest BCUT2D eigenvalue weighted by atomic mass is 9.99. The van der Waals surface area contributed by atoms with E-state index in [9.17, 15) is 4.79 Å². The molecule has 0 radical (unpaired) electrons. The molecule has 0 spiro atoms. The van der Waals surface area contributed by atoms with Crippen molar-refractivity contribution >= 4 is 11.6 Å². The third kappa shape index (κ3) is 2.83.